The fourth-order valence-electron chi connectivity index (χ4n) is 5.46. The number of aliphatic hydroxyl groups is 1. The third-order valence-corrected chi connectivity index (χ3v) is 7.33. The number of rotatable bonds is 7. The number of fused-ring (bicyclic) bond motifs is 1. The lowest BCUT2D eigenvalue weighted by Crippen LogP contribution is -2.45. The van der Waals surface area contributed by atoms with Crippen LogP contribution < -0.4 is 0 Å². The number of carbonyl (C=O) groups excluding carboxylic acids is 1. The first-order valence-corrected chi connectivity index (χ1v) is 11.3. The Balaban J connectivity index is 1.36. The summed E-state index contributed by atoms with van der Waals surface area (Å²) < 4.78 is 5.79. The van der Waals surface area contributed by atoms with E-state index in [1.165, 1.54) is 12.0 Å². The molecule has 0 spiro atoms. The Bertz CT molecular complexity index is 724. The molecule has 2 aliphatic carbocycles. The summed E-state index contributed by atoms with van der Waals surface area (Å²) in [7, 11) is 0. The molecular formula is C25H35NO3. The maximum atomic E-state index is 13.2. The van der Waals surface area contributed by atoms with Gasteiger partial charge >= 0.3 is 5.97 Å². The second-order valence-electron chi connectivity index (χ2n) is 9.56. The van der Waals surface area contributed by atoms with Crippen LogP contribution in [0.4, 0.5) is 0 Å². The summed E-state index contributed by atoms with van der Waals surface area (Å²) in [6.45, 7) is 7.95. The van der Waals surface area contributed by atoms with Gasteiger partial charge in [-0.05, 0) is 44.1 Å². The summed E-state index contributed by atoms with van der Waals surface area (Å²) in [6, 6.07) is 9.43. The molecule has 4 nitrogen and oxygen atoms in total. The molecule has 0 bridgehead atoms. The van der Waals surface area contributed by atoms with Gasteiger partial charge in [0.2, 0.25) is 0 Å². The smallest absolute Gasteiger partial charge is 0.343 e. The first-order chi connectivity index (χ1) is 14.0. The van der Waals surface area contributed by atoms with Gasteiger partial charge in [0.15, 0.2) is 5.60 Å². The summed E-state index contributed by atoms with van der Waals surface area (Å²) in [6.07, 6.45) is 7.38. The number of hydrogen-bond acceptors (Lipinski definition) is 4. The number of ether oxygens (including phenoxy) is 1. The van der Waals surface area contributed by atoms with Gasteiger partial charge in [0.1, 0.15) is 0 Å². The van der Waals surface area contributed by atoms with Crippen molar-refractivity contribution in [3.8, 4) is 0 Å². The van der Waals surface area contributed by atoms with Gasteiger partial charge in [0, 0.05) is 31.5 Å². The van der Waals surface area contributed by atoms with E-state index in [1.807, 2.05) is 30.3 Å². The molecule has 1 heterocycles. The van der Waals surface area contributed by atoms with Crippen molar-refractivity contribution in [2.24, 2.45) is 23.7 Å². The lowest BCUT2D eigenvalue weighted by atomic mass is 9.73. The van der Waals surface area contributed by atoms with Crippen LogP contribution in [0.2, 0.25) is 0 Å². The molecule has 1 aromatic carbocycles. The zero-order valence-electron chi connectivity index (χ0n) is 17.8. The van der Waals surface area contributed by atoms with E-state index in [1.54, 1.807) is 0 Å². The van der Waals surface area contributed by atoms with Gasteiger partial charge in [-0.15, -0.1) is 0 Å². The second kappa shape index (κ2) is 8.61. The van der Waals surface area contributed by atoms with Gasteiger partial charge in [-0.1, -0.05) is 61.2 Å². The van der Waals surface area contributed by atoms with E-state index in [0.29, 0.717) is 29.9 Å². The third-order valence-electron chi connectivity index (χ3n) is 7.33. The number of piperidine rings is 1. The average molecular weight is 398 g/mol. The van der Waals surface area contributed by atoms with E-state index in [2.05, 4.69) is 24.8 Å². The van der Waals surface area contributed by atoms with Gasteiger partial charge in [0.05, 0.1) is 6.61 Å². The molecule has 158 valence electrons. The van der Waals surface area contributed by atoms with Gasteiger partial charge < -0.3 is 9.84 Å². The molecule has 4 rings (SSSR count). The largest absolute Gasteiger partial charge is 0.463 e. The highest BCUT2D eigenvalue weighted by molar-refractivity contribution is 5.81. The van der Waals surface area contributed by atoms with Crippen LogP contribution in [0.5, 0.6) is 0 Å². The van der Waals surface area contributed by atoms with Crippen molar-refractivity contribution >= 4 is 5.97 Å². The Morgan fingerprint density at radius 1 is 1.14 bits per heavy atom. The molecule has 29 heavy (non-hydrogen) atoms. The quantitative estimate of drug-likeness (QED) is 0.555. The van der Waals surface area contributed by atoms with E-state index >= 15 is 0 Å². The molecular weight excluding hydrogens is 362 g/mol. The normalized spacial score (nSPS) is 29.0. The monoisotopic (exact) mass is 397 g/mol. The first kappa shape index (κ1) is 20.6. The zero-order chi connectivity index (χ0) is 20.4. The highest BCUT2D eigenvalue weighted by Crippen LogP contribution is 2.52. The van der Waals surface area contributed by atoms with Crippen molar-refractivity contribution in [3.05, 3.63) is 47.5 Å². The van der Waals surface area contributed by atoms with Gasteiger partial charge in [0.25, 0.3) is 0 Å². The molecule has 4 heteroatoms. The average Bonchev–Trinajstić information content (AvgIpc) is 3.20. The third kappa shape index (κ3) is 4.29. The summed E-state index contributed by atoms with van der Waals surface area (Å²) in [5.74, 6) is 1.26. The topological polar surface area (TPSA) is 49.8 Å². The van der Waals surface area contributed by atoms with Crippen LogP contribution >= 0.6 is 0 Å². The number of esters is 1. The zero-order valence-corrected chi connectivity index (χ0v) is 17.8. The first-order valence-electron chi connectivity index (χ1n) is 11.3. The summed E-state index contributed by atoms with van der Waals surface area (Å²) in [5, 5.41) is 11.6. The minimum Gasteiger partial charge on any atom is -0.463 e. The van der Waals surface area contributed by atoms with Crippen LogP contribution in [-0.4, -0.2) is 42.2 Å². The molecule has 2 unspecified atom stereocenters. The van der Waals surface area contributed by atoms with Crippen LogP contribution in [0.25, 0.3) is 0 Å². The molecule has 4 atom stereocenters. The van der Waals surface area contributed by atoms with E-state index < -0.39 is 11.6 Å². The predicted molar refractivity (Wildman–Crippen MR) is 114 cm³/mol. The molecule has 0 amide bonds. The highest BCUT2D eigenvalue weighted by atomic mass is 16.6. The predicted octanol–water partition coefficient (Wildman–Crippen LogP) is 4.14. The molecule has 0 aromatic heterocycles. The van der Waals surface area contributed by atoms with E-state index in [-0.39, 0.29) is 5.92 Å². The number of likely N-dealkylation sites (tertiary alicyclic amines) is 1. The van der Waals surface area contributed by atoms with Gasteiger partial charge in [-0.25, -0.2) is 4.79 Å². The van der Waals surface area contributed by atoms with Crippen molar-refractivity contribution in [2.75, 3.05) is 26.2 Å². The van der Waals surface area contributed by atoms with Crippen LogP contribution in [0.1, 0.15) is 51.5 Å². The maximum absolute atomic E-state index is 13.2. The Morgan fingerprint density at radius 2 is 1.79 bits per heavy atom. The van der Waals surface area contributed by atoms with Crippen molar-refractivity contribution < 1.29 is 14.6 Å². The molecule has 1 saturated heterocycles. The maximum Gasteiger partial charge on any atom is 0.343 e. The Morgan fingerprint density at radius 3 is 2.41 bits per heavy atom. The number of allylic oxidation sites excluding steroid dienone is 1. The van der Waals surface area contributed by atoms with E-state index in [0.717, 1.165) is 45.3 Å². The van der Waals surface area contributed by atoms with Crippen molar-refractivity contribution in [1.29, 1.82) is 0 Å². The van der Waals surface area contributed by atoms with Gasteiger partial charge in [-0.2, -0.15) is 0 Å². The van der Waals surface area contributed by atoms with Crippen molar-refractivity contribution in [2.45, 2.75) is 51.6 Å². The minimum absolute atomic E-state index is 0.0515. The molecule has 1 aromatic rings. The van der Waals surface area contributed by atoms with E-state index in [9.17, 15) is 9.90 Å². The van der Waals surface area contributed by atoms with Crippen LogP contribution in [0.3, 0.4) is 0 Å². The SMILES string of the molecule is CC(C)=CCN1C[C@@H]2C(COC(=O)C(O)(c3ccccc3)C3CCCCC3)[C@@H]2C1. The number of nitrogens with zero attached hydrogens (tertiary/aromatic N) is 1. The Labute approximate surface area is 174 Å². The summed E-state index contributed by atoms with van der Waals surface area (Å²) >= 11 is 0. The number of carbonyl (C=O) groups is 1. The van der Waals surface area contributed by atoms with Crippen molar-refractivity contribution in [1.82, 2.24) is 4.90 Å². The molecule has 3 aliphatic rings. The van der Waals surface area contributed by atoms with Crippen LogP contribution in [-0.2, 0) is 15.1 Å². The lowest BCUT2D eigenvalue weighted by molar-refractivity contribution is -0.176. The lowest BCUT2D eigenvalue weighted by Gasteiger charge is -2.36. The molecule has 0 radical (unpaired) electrons. The fraction of sp³-hybridized carbons (Fsp3) is 0.640. The Hall–Kier alpha value is -1.65. The van der Waals surface area contributed by atoms with Gasteiger partial charge in [-0.3, -0.25) is 4.90 Å². The molecule has 3 fully saturated rings. The van der Waals surface area contributed by atoms with E-state index in [4.69, 9.17) is 4.74 Å². The molecule has 1 N–H and O–H groups in total. The highest BCUT2D eigenvalue weighted by Gasteiger charge is 2.56. The second-order valence-corrected chi connectivity index (χ2v) is 9.56. The van der Waals surface area contributed by atoms with Crippen LogP contribution in [0, 0.1) is 23.7 Å². The number of benzene rings is 1. The standard InChI is InChI=1S/C25H35NO3/c1-18(2)13-14-26-15-21-22(16-26)23(21)17-29-24(27)25(28,19-9-5-3-6-10-19)20-11-7-4-8-12-20/h3,5-6,9-10,13,20-23,28H,4,7-8,11-12,14-17H2,1-2H3/t21-,22+,23?,25?. The Kier molecular flexibility index (Phi) is 6.12. The molecule has 1 aliphatic heterocycles. The van der Waals surface area contributed by atoms with Crippen molar-refractivity contribution in [3.63, 3.8) is 0 Å². The molecule has 2 saturated carbocycles. The fourth-order valence-corrected chi connectivity index (χ4v) is 5.46. The van der Waals surface area contributed by atoms with Crippen LogP contribution in [0.15, 0.2) is 42.0 Å². The number of hydrogen-bond donors (Lipinski definition) is 1. The minimum atomic E-state index is -1.51. The summed E-state index contributed by atoms with van der Waals surface area (Å²) in [5.41, 5.74) is 0.529. The summed E-state index contributed by atoms with van der Waals surface area (Å²) in [4.78, 5) is 15.7.